The summed E-state index contributed by atoms with van der Waals surface area (Å²) >= 11 is 1.87. The molecule has 1 aromatic rings. The highest BCUT2D eigenvalue weighted by molar-refractivity contribution is 14.0. The lowest BCUT2D eigenvalue weighted by atomic mass is 9.88. The van der Waals surface area contributed by atoms with Crippen molar-refractivity contribution in [3.05, 3.63) is 22.4 Å². The van der Waals surface area contributed by atoms with Crippen molar-refractivity contribution in [3.63, 3.8) is 0 Å². The van der Waals surface area contributed by atoms with E-state index in [4.69, 9.17) is 4.74 Å². The molecule has 0 amide bonds. The first-order chi connectivity index (χ1) is 14.3. The zero-order chi connectivity index (χ0) is 19.9. The van der Waals surface area contributed by atoms with Gasteiger partial charge in [-0.25, -0.2) is 0 Å². The number of hydrogen-bond donors (Lipinski definition) is 2. The Morgan fingerprint density at radius 2 is 1.83 bits per heavy atom. The summed E-state index contributed by atoms with van der Waals surface area (Å²) in [7, 11) is 1.89. The number of thiophene rings is 1. The Hall–Kier alpha value is -0.420. The summed E-state index contributed by atoms with van der Waals surface area (Å²) in [6.45, 7) is 8.46. The van der Waals surface area contributed by atoms with Crippen LogP contribution in [0.25, 0.3) is 0 Å². The highest BCUT2D eigenvalue weighted by atomic mass is 127. The van der Waals surface area contributed by atoms with Crippen LogP contribution in [0.15, 0.2) is 22.5 Å². The quantitative estimate of drug-likeness (QED) is 0.312. The summed E-state index contributed by atoms with van der Waals surface area (Å²) in [6, 6.07) is 4.88. The van der Waals surface area contributed by atoms with Crippen molar-refractivity contribution >= 4 is 41.3 Å². The molecule has 1 atom stereocenters. The second-order valence-electron chi connectivity index (χ2n) is 8.61. The summed E-state index contributed by atoms with van der Waals surface area (Å²) in [6.07, 6.45) is 7.51. The molecule has 8 heteroatoms. The van der Waals surface area contributed by atoms with Gasteiger partial charge in [-0.3, -0.25) is 14.8 Å². The number of hydrogen-bond acceptors (Lipinski definition) is 5. The van der Waals surface area contributed by atoms with E-state index < -0.39 is 0 Å². The van der Waals surface area contributed by atoms with Gasteiger partial charge in [0.05, 0.1) is 6.04 Å². The molecule has 1 aromatic heterocycles. The summed E-state index contributed by atoms with van der Waals surface area (Å²) in [5, 5.41) is 9.50. The van der Waals surface area contributed by atoms with Gasteiger partial charge in [-0.05, 0) is 76.2 Å². The van der Waals surface area contributed by atoms with Crippen LogP contribution in [0.2, 0.25) is 0 Å². The molecule has 30 heavy (non-hydrogen) atoms. The molecule has 170 valence electrons. The third-order valence-corrected chi connectivity index (χ3v) is 7.90. The normalized spacial score (nSPS) is 23.8. The number of halogens is 1. The van der Waals surface area contributed by atoms with Gasteiger partial charge in [0.1, 0.15) is 0 Å². The molecule has 4 heterocycles. The number of nitrogens with zero attached hydrogens (tertiary/aromatic N) is 3. The van der Waals surface area contributed by atoms with Gasteiger partial charge in [0.2, 0.25) is 0 Å². The Morgan fingerprint density at radius 3 is 2.47 bits per heavy atom. The van der Waals surface area contributed by atoms with Gasteiger partial charge >= 0.3 is 0 Å². The zero-order valence-electron chi connectivity index (χ0n) is 18.3. The van der Waals surface area contributed by atoms with Crippen molar-refractivity contribution in [2.75, 3.05) is 59.5 Å². The second-order valence-corrected chi connectivity index (χ2v) is 9.59. The van der Waals surface area contributed by atoms with Crippen LogP contribution in [0.4, 0.5) is 0 Å². The molecular formula is C22H38IN5OS. The molecule has 3 fully saturated rings. The van der Waals surface area contributed by atoms with Crippen LogP contribution in [-0.4, -0.2) is 80.8 Å². The maximum absolute atomic E-state index is 5.69. The van der Waals surface area contributed by atoms with Crippen LogP contribution in [0.3, 0.4) is 0 Å². The van der Waals surface area contributed by atoms with Crippen molar-refractivity contribution in [2.24, 2.45) is 4.99 Å². The van der Waals surface area contributed by atoms with Crippen LogP contribution in [0.5, 0.6) is 0 Å². The van der Waals surface area contributed by atoms with Crippen molar-refractivity contribution in [1.29, 1.82) is 0 Å². The largest absolute Gasteiger partial charge is 0.381 e. The monoisotopic (exact) mass is 547 g/mol. The van der Waals surface area contributed by atoms with E-state index in [1.165, 1.54) is 56.7 Å². The topological polar surface area (TPSA) is 52.1 Å². The molecule has 4 rings (SSSR count). The molecule has 0 aliphatic carbocycles. The standard InChI is InChI=1S/C22H37N5OS.HI/c1-23-21(24-17-19(20-7-6-16-29-20)26-10-2-3-11-26)25-18-22(8-14-28-15-9-22)27-12-4-5-13-27;/h6-7,16,19H,2-5,8-15,17-18H2,1H3,(H2,23,24,25);1H. The van der Waals surface area contributed by atoms with Crippen LogP contribution < -0.4 is 10.6 Å². The molecule has 0 spiro atoms. The molecule has 3 saturated heterocycles. The van der Waals surface area contributed by atoms with E-state index in [0.29, 0.717) is 6.04 Å². The average molecular weight is 548 g/mol. The summed E-state index contributed by atoms with van der Waals surface area (Å²) in [4.78, 5) is 11.3. The maximum Gasteiger partial charge on any atom is 0.191 e. The summed E-state index contributed by atoms with van der Waals surface area (Å²) in [5.41, 5.74) is 0.217. The first kappa shape index (κ1) is 24.2. The predicted octanol–water partition coefficient (Wildman–Crippen LogP) is 3.31. The fourth-order valence-corrected chi connectivity index (χ4v) is 6.01. The molecule has 0 saturated carbocycles. The Balaban J connectivity index is 0.00000256. The fourth-order valence-electron chi connectivity index (χ4n) is 5.15. The lowest BCUT2D eigenvalue weighted by molar-refractivity contribution is -0.0164. The Bertz CT molecular complexity index is 638. The number of rotatable bonds is 7. The van der Waals surface area contributed by atoms with Gasteiger partial charge in [0.25, 0.3) is 0 Å². The lowest BCUT2D eigenvalue weighted by Gasteiger charge is -2.45. The molecule has 3 aliphatic heterocycles. The van der Waals surface area contributed by atoms with Gasteiger partial charge in [-0.15, -0.1) is 35.3 Å². The predicted molar refractivity (Wildman–Crippen MR) is 136 cm³/mol. The van der Waals surface area contributed by atoms with E-state index in [1.54, 1.807) is 0 Å². The molecule has 3 aliphatic rings. The van der Waals surface area contributed by atoms with Crippen molar-refractivity contribution < 1.29 is 4.74 Å². The second kappa shape index (κ2) is 12.0. The summed E-state index contributed by atoms with van der Waals surface area (Å²) in [5.74, 6) is 0.927. The number of aliphatic imine (C=N–C) groups is 1. The van der Waals surface area contributed by atoms with Gasteiger partial charge in [0.15, 0.2) is 5.96 Å². The Labute approximate surface area is 202 Å². The van der Waals surface area contributed by atoms with Crippen molar-refractivity contribution in [2.45, 2.75) is 50.1 Å². The minimum Gasteiger partial charge on any atom is -0.381 e. The third-order valence-electron chi connectivity index (χ3n) is 6.92. The molecule has 0 aromatic carbocycles. The average Bonchev–Trinajstić information content (AvgIpc) is 3.54. The van der Waals surface area contributed by atoms with Gasteiger partial charge in [-0.1, -0.05) is 6.07 Å². The smallest absolute Gasteiger partial charge is 0.191 e. The highest BCUT2D eigenvalue weighted by Gasteiger charge is 2.39. The molecule has 0 radical (unpaired) electrons. The lowest BCUT2D eigenvalue weighted by Crippen LogP contribution is -2.58. The van der Waals surface area contributed by atoms with Crippen LogP contribution in [0, 0.1) is 0 Å². The van der Waals surface area contributed by atoms with E-state index in [9.17, 15) is 0 Å². The van der Waals surface area contributed by atoms with Crippen LogP contribution in [-0.2, 0) is 4.74 Å². The first-order valence-electron chi connectivity index (χ1n) is 11.4. The zero-order valence-corrected chi connectivity index (χ0v) is 21.4. The maximum atomic E-state index is 5.69. The van der Waals surface area contributed by atoms with Crippen LogP contribution in [0.1, 0.15) is 49.4 Å². The Kier molecular flexibility index (Phi) is 9.68. The SMILES string of the molecule is CN=C(NCC(c1cccs1)N1CCCC1)NCC1(N2CCCC2)CCOCC1.I. The van der Waals surface area contributed by atoms with Gasteiger partial charge in [-0.2, -0.15) is 0 Å². The third kappa shape index (κ3) is 5.88. The molecular weight excluding hydrogens is 509 g/mol. The minimum absolute atomic E-state index is 0. The van der Waals surface area contributed by atoms with Gasteiger partial charge in [0, 0.05) is 43.8 Å². The highest BCUT2D eigenvalue weighted by Crippen LogP contribution is 2.31. The van der Waals surface area contributed by atoms with Gasteiger partial charge < -0.3 is 15.4 Å². The van der Waals surface area contributed by atoms with Crippen molar-refractivity contribution in [3.8, 4) is 0 Å². The molecule has 2 N–H and O–H groups in total. The number of nitrogens with one attached hydrogen (secondary N) is 2. The fraction of sp³-hybridized carbons (Fsp3) is 0.773. The number of ether oxygens (including phenoxy) is 1. The molecule has 0 bridgehead atoms. The first-order valence-corrected chi connectivity index (χ1v) is 12.2. The minimum atomic E-state index is 0. The summed E-state index contributed by atoms with van der Waals surface area (Å²) < 4.78 is 5.69. The van der Waals surface area contributed by atoms with E-state index >= 15 is 0 Å². The van der Waals surface area contributed by atoms with Crippen LogP contribution >= 0.6 is 35.3 Å². The number of likely N-dealkylation sites (tertiary alicyclic amines) is 2. The van der Waals surface area contributed by atoms with E-state index in [1.807, 2.05) is 18.4 Å². The molecule has 6 nitrogen and oxygen atoms in total. The Morgan fingerprint density at radius 1 is 1.13 bits per heavy atom. The van der Waals surface area contributed by atoms with E-state index in [2.05, 4.69) is 42.9 Å². The van der Waals surface area contributed by atoms with E-state index in [-0.39, 0.29) is 29.5 Å². The molecule has 1 unspecified atom stereocenters. The van der Waals surface area contributed by atoms with E-state index in [0.717, 1.165) is 45.1 Å². The number of guanidine groups is 1. The van der Waals surface area contributed by atoms with Crippen molar-refractivity contribution in [1.82, 2.24) is 20.4 Å².